The first-order valence-electron chi connectivity index (χ1n) is 8.95. The van der Waals surface area contributed by atoms with Gasteiger partial charge in [0, 0.05) is 17.0 Å². The molecule has 3 aromatic rings. The second-order valence-corrected chi connectivity index (χ2v) is 7.94. The van der Waals surface area contributed by atoms with Gasteiger partial charge in [-0.3, -0.25) is 4.79 Å². The summed E-state index contributed by atoms with van der Waals surface area (Å²) in [6, 6.07) is 14.3. The average Bonchev–Trinajstić information content (AvgIpc) is 3.16. The molecule has 0 aliphatic carbocycles. The van der Waals surface area contributed by atoms with Gasteiger partial charge in [-0.05, 0) is 54.1 Å². The van der Waals surface area contributed by atoms with Gasteiger partial charge in [0.2, 0.25) is 0 Å². The molecule has 1 amide bonds. The molecule has 0 saturated carbocycles. The first-order valence-corrected chi connectivity index (χ1v) is 9.83. The third-order valence-electron chi connectivity index (χ3n) is 5.06. The number of alkyl halides is 3. The van der Waals surface area contributed by atoms with E-state index in [1.807, 2.05) is 42.6 Å². The third-order valence-corrected chi connectivity index (χ3v) is 6.05. The van der Waals surface area contributed by atoms with Gasteiger partial charge >= 0.3 is 6.18 Å². The molecule has 2 aromatic carbocycles. The van der Waals surface area contributed by atoms with Gasteiger partial charge in [0.05, 0.1) is 11.6 Å². The number of hydrogen-bond acceptors (Lipinski definition) is 2. The van der Waals surface area contributed by atoms with Crippen LogP contribution in [0.3, 0.4) is 0 Å². The number of benzene rings is 2. The topological polar surface area (TPSA) is 20.3 Å². The van der Waals surface area contributed by atoms with E-state index in [1.54, 1.807) is 16.2 Å². The lowest BCUT2D eigenvalue weighted by molar-refractivity contribution is -0.137. The Morgan fingerprint density at radius 3 is 2.57 bits per heavy atom. The van der Waals surface area contributed by atoms with E-state index >= 15 is 0 Å². The second-order valence-electron chi connectivity index (χ2n) is 6.94. The van der Waals surface area contributed by atoms with E-state index in [0.717, 1.165) is 28.8 Å². The molecular formula is C22H18F3NOS. The molecule has 1 aromatic heterocycles. The predicted octanol–water partition coefficient (Wildman–Crippen LogP) is 5.86. The first kappa shape index (κ1) is 18.7. The maximum atomic E-state index is 13.2. The minimum Gasteiger partial charge on any atom is -0.327 e. The van der Waals surface area contributed by atoms with Crippen LogP contribution in [-0.4, -0.2) is 17.4 Å². The molecule has 0 spiro atoms. The normalized spacial score (nSPS) is 16.7. The fourth-order valence-electron chi connectivity index (χ4n) is 3.64. The monoisotopic (exact) mass is 401 g/mol. The lowest BCUT2D eigenvalue weighted by Gasteiger charge is -2.36. The van der Waals surface area contributed by atoms with Crippen molar-refractivity contribution in [1.29, 1.82) is 0 Å². The lowest BCUT2D eigenvalue weighted by Crippen LogP contribution is -2.40. The van der Waals surface area contributed by atoms with Crippen LogP contribution < -0.4 is 0 Å². The average molecular weight is 401 g/mol. The lowest BCUT2D eigenvalue weighted by atomic mass is 9.92. The van der Waals surface area contributed by atoms with Crippen molar-refractivity contribution < 1.29 is 18.0 Å². The molecule has 1 aliphatic heterocycles. The highest BCUT2D eigenvalue weighted by molar-refractivity contribution is 7.10. The van der Waals surface area contributed by atoms with Gasteiger partial charge in [0.15, 0.2) is 0 Å². The maximum Gasteiger partial charge on any atom is 0.416 e. The Morgan fingerprint density at radius 1 is 1.11 bits per heavy atom. The highest BCUT2D eigenvalue weighted by atomic mass is 32.1. The van der Waals surface area contributed by atoms with E-state index in [0.29, 0.717) is 13.0 Å². The van der Waals surface area contributed by atoms with Crippen LogP contribution in [0.4, 0.5) is 13.2 Å². The van der Waals surface area contributed by atoms with Crippen molar-refractivity contribution in [3.8, 4) is 0 Å². The number of amides is 1. The van der Waals surface area contributed by atoms with Crippen LogP contribution in [0.25, 0.3) is 0 Å². The molecule has 144 valence electrons. The minimum atomic E-state index is -4.48. The smallest absolute Gasteiger partial charge is 0.327 e. The summed E-state index contributed by atoms with van der Waals surface area (Å²) in [6.45, 7) is 2.47. The maximum absolute atomic E-state index is 13.2. The molecule has 0 bridgehead atoms. The van der Waals surface area contributed by atoms with Gasteiger partial charge in [-0.25, -0.2) is 0 Å². The summed E-state index contributed by atoms with van der Waals surface area (Å²) < 4.78 is 39.3. The van der Waals surface area contributed by atoms with Crippen LogP contribution in [0.2, 0.25) is 0 Å². The molecule has 0 saturated heterocycles. The molecule has 0 N–H and O–H groups in total. The van der Waals surface area contributed by atoms with Crippen LogP contribution in [0, 0.1) is 6.92 Å². The van der Waals surface area contributed by atoms with Gasteiger partial charge in [0.1, 0.15) is 0 Å². The van der Waals surface area contributed by atoms with Gasteiger partial charge in [-0.1, -0.05) is 35.9 Å². The van der Waals surface area contributed by atoms with E-state index < -0.39 is 11.7 Å². The highest BCUT2D eigenvalue weighted by Gasteiger charge is 2.35. The van der Waals surface area contributed by atoms with Gasteiger partial charge in [0.25, 0.3) is 5.91 Å². The zero-order chi connectivity index (χ0) is 19.9. The first-order chi connectivity index (χ1) is 13.3. The largest absolute Gasteiger partial charge is 0.416 e. The quantitative estimate of drug-likeness (QED) is 0.526. The molecular weight excluding hydrogens is 383 g/mol. The number of rotatable bonds is 2. The zero-order valence-corrected chi connectivity index (χ0v) is 16.0. The van der Waals surface area contributed by atoms with Crippen molar-refractivity contribution in [1.82, 2.24) is 4.90 Å². The molecule has 2 nitrogen and oxygen atoms in total. The Labute approximate surface area is 165 Å². The van der Waals surface area contributed by atoms with Crippen LogP contribution in [0.15, 0.2) is 60.0 Å². The fourth-order valence-corrected chi connectivity index (χ4v) is 4.54. The number of carbonyl (C=O) groups excluding carboxylic acids is 1. The van der Waals surface area contributed by atoms with Crippen molar-refractivity contribution in [2.75, 3.05) is 6.54 Å². The number of fused-ring (bicyclic) bond motifs is 1. The van der Waals surface area contributed by atoms with Crippen LogP contribution in [-0.2, 0) is 12.6 Å². The summed E-state index contributed by atoms with van der Waals surface area (Å²) in [6.07, 6.45) is -3.77. The van der Waals surface area contributed by atoms with E-state index in [1.165, 1.54) is 17.0 Å². The SMILES string of the molecule is Cc1ccc([C@H]2c3ccsc3CCN2C(=O)c2cccc(C(F)(F)F)c2)cc1. The van der Waals surface area contributed by atoms with Gasteiger partial charge in [-0.15, -0.1) is 11.3 Å². The number of thiophene rings is 1. The number of hydrogen-bond donors (Lipinski definition) is 0. The summed E-state index contributed by atoms with van der Waals surface area (Å²) in [5.41, 5.74) is 2.38. The van der Waals surface area contributed by atoms with E-state index in [4.69, 9.17) is 0 Å². The Balaban J connectivity index is 1.75. The number of nitrogens with zero attached hydrogens (tertiary/aromatic N) is 1. The third kappa shape index (κ3) is 3.44. The predicted molar refractivity (Wildman–Crippen MR) is 104 cm³/mol. The van der Waals surface area contributed by atoms with Crippen molar-refractivity contribution in [3.63, 3.8) is 0 Å². The summed E-state index contributed by atoms with van der Waals surface area (Å²) in [4.78, 5) is 16.1. The molecule has 0 radical (unpaired) electrons. The van der Waals surface area contributed by atoms with Crippen molar-refractivity contribution in [2.45, 2.75) is 25.6 Å². The zero-order valence-electron chi connectivity index (χ0n) is 15.2. The van der Waals surface area contributed by atoms with Crippen LogP contribution in [0.1, 0.15) is 43.5 Å². The van der Waals surface area contributed by atoms with Gasteiger partial charge < -0.3 is 4.90 Å². The fraction of sp³-hybridized carbons (Fsp3) is 0.227. The Bertz CT molecular complexity index is 1010. The standard InChI is InChI=1S/C22H18F3NOS/c1-14-5-7-15(8-6-14)20-18-10-12-28-19(18)9-11-26(20)21(27)16-3-2-4-17(13-16)22(23,24)25/h2-8,10,12-13,20H,9,11H2,1H3/t20-/m0/s1. The molecule has 4 rings (SSSR count). The number of carbonyl (C=O) groups is 1. The van der Waals surface area contributed by atoms with Gasteiger partial charge in [-0.2, -0.15) is 13.2 Å². The summed E-state index contributed by atoms with van der Waals surface area (Å²) in [5.74, 6) is -0.381. The van der Waals surface area contributed by atoms with E-state index in [-0.39, 0.29) is 17.5 Å². The molecule has 0 fully saturated rings. The Kier molecular flexibility index (Phi) is 4.75. The highest BCUT2D eigenvalue weighted by Crippen LogP contribution is 2.39. The molecule has 28 heavy (non-hydrogen) atoms. The number of aryl methyl sites for hydroxylation is 1. The summed E-state index contributed by atoms with van der Waals surface area (Å²) >= 11 is 1.66. The molecule has 6 heteroatoms. The van der Waals surface area contributed by atoms with Crippen molar-refractivity contribution in [2.24, 2.45) is 0 Å². The Morgan fingerprint density at radius 2 is 1.86 bits per heavy atom. The van der Waals surface area contributed by atoms with Crippen LogP contribution >= 0.6 is 11.3 Å². The minimum absolute atomic E-state index is 0.0608. The molecule has 2 heterocycles. The second kappa shape index (κ2) is 7.09. The molecule has 1 atom stereocenters. The van der Waals surface area contributed by atoms with Crippen LogP contribution in [0.5, 0.6) is 0 Å². The van der Waals surface area contributed by atoms with E-state index in [9.17, 15) is 18.0 Å². The summed E-state index contributed by atoms with van der Waals surface area (Å²) in [7, 11) is 0. The molecule has 0 unspecified atom stereocenters. The Hall–Kier alpha value is -2.60. The molecule has 1 aliphatic rings. The van der Waals surface area contributed by atoms with E-state index in [2.05, 4.69) is 0 Å². The number of halogens is 3. The van der Waals surface area contributed by atoms with Crippen molar-refractivity contribution in [3.05, 3.63) is 92.7 Å². The summed E-state index contributed by atoms with van der Waals surface area (Å²) in [5, 5.41) is 2.00. The van der Waals surface area contributed by atoms with Crippen molar-refractivity contribution >= 4 is 17.2 Å².